The number of amides is 1. The van der Waals surface area contributed by atoms with E-state index in [0.717, 1.165) is 42.7 Å². The zero-order valence-electron chi connectivity index (χ0n) is 20.0. The van der Waals surface area contributed by atoms with Crippen molar-refractivity contribution in [1.29, 1.82) is 0 Å². The lowest BCUT2D eigenvalue weighted by molar-refractivity contribution is -0.139. The number of carbonyl (C=O) groups excluding carboxylic acids is 2. The monoisotopic (exact) mass is 450 g/mol. The average Bonchev–Trinajstić information content (AvgIpc) is 3.04. The first kappa shape index (κ1) is 24.5. The van der Waals surface area contributed by atoms with Crippen molar-refractivity contribution in [3.8, 4) is 5.75 Å². The van der Waals surface area contributed by atoms with Gasteiger partial charge in [0.2, 0.25) is 0 Å². The molecule has 6 nitrogen and oxygen atoms in total. The van der Waals surface area contributed by atoms with Gasteiger partial charge in [-0.2, -0.15) is 0 Å². The van der Waals surface area contributed by atoms with E-state index in [1.165, 1.54) is 0 Å². The van der Waals surface area contributed by atoms with Crippen LogP contribution in [0, 0.1) is 6.92 Å². The first-order chi connectivity index (χ1) is 15.8. The molecule has 1 aliphatic rings. The number of benzene rings is 2. The molecule has 1 unspecified atom stereocenters. The van der Waals surface area contributed by atoms with Crippen LogP contribution >= 0.6 is 0 Å². The molecule has 3 rings (SSSR count). The van der Waals surface area contributed by atoms with E-state index >= 15 is 0 Å². The quantitative estimate of drug-likeness (QED) is 0.249. The molecule has 176 valence electrons. The number of nitrogens with zero attached hydrogens (tertiary/aromatic N) is 2. The van der Waals surface area contributed by atoms with Crippen molar-refractivity contribution in [3.63, 3.8) is 0 Å². The van der Waals surface area contributed by atoms with Crippen molar-refractivity contribution in [2.45, 2.75) is 39.2 Å². The van der Waals surface area contributed by atoms with Gasteiger partial charge < -0.3 is 19.6 Å². The van der Waals surface area contributed by atoms with Gasteiger partial charge in [0.1, 0.15) is 11.5 Å². The Morgan fingerprint density at radius 2 is 1.82 bits per heavy atom. The molecule has 1 saturated heterocycles. The second-order valence-electron chi connectivity index (χ2n) is 8.74. The van der Waals surface area contributed by atoms with Gasteiger partial charge in [0.15, 0.2) is 0 Å². The normalized spacial score (nSPS) is 17.7. The number of hydrogen-bond acceptors (Lipinski definition) is 5. The Bertz CT molecular complexity index is 1010. The van der Waals surface area contributed by atoms with E-state index < -0.39 is 17.7 Å². The highest BCUT2D eigenvalue weighted by Gasteiger charge is 2.45. The Morgan fingerprint density at radius 1 is 1.09 bits per heavy atom. The number of rotatable bonds is 10. The summed E-state index contributed by atoms with van der Waals surface area (Å²) >= 11 is 0. The highest BCUT2D eigenvalue weighted by atomic mass is 16.5. The number of ether oxygens (including phenoxy) is 1. The number of aliphatic hydroxyl groups is 1. The minimum Gasteiger partial charge on any atom is -0.507 e. The summed E-state index contributed by atoms with van der Waals surface area (Å²) in [5.41, 5.74) is 2.26. The molecule has 0 aliphatic carbocycles. The molecule has 1 fully saturated rings. The molecule has 1 atom stereocenters. The average molecular weight is 451 g/mol. The minimum atomic E-state index is -0.645. The summed E-state index contributed by atoms with van der Waals surface area (Å²) in [6.45, 7) is 5.83. The predicted octanol–water partition coefficient (Wildman–Crippen LogP) is 4.55. The lowest BCUT2D eigenvalue weighted by Crippen LogP contribution is -2.32. The molecule has 0 aromatic heterocycles. The van der Waals surface area contributed by atoms with Gasteiger partial charge in [-0.3, -0.25) is 9.59 Å². The van der Waals surface area contributed by atoms with Crippen LogP contribution in [0.5, 0.6) is 5.75 Å². The molecule has 1 amide bonds. The number of Topliss-reactive ketones (excluding diaryl/α,β-unsaturated/α-hetero) is 1. The molecule has 33 heavy (non-hydrogen) atoms. The highest BCUT2D eigenvalue weighted by Crippen LogP contribution is 2.40. The largest absolute Gasteiger partial charge is 0.507 e. The van der Waals surface area contributed by atoms with Crippen molar-refractivity contribution in [2.75, 3.05) is 33.8 Å². The van der Waals surface area contributed by atoms with Crippen molar-refractivity contribution in [3.05, 3.63) is 70.8 Å². The van der Waals surface area contributed by atoms with Crippen LogP contribution in [0.3, 0.4) is 0 Å². The van der Waals surface area contributed by atoms with E-state index in [9.17, 15) is 14.7 Å². The fourth-order valence-corrected chi connectivity index (χ4v) is 4.12. The van der Waals surface area contributed by atoms with Crippen LogP contribution in [0.15, 0.2) is 54.1 Å². The molecule has 2 aromatic carbocycles. The minimum absolute atomic E-state index is 0.138. The van der Waals surface area contributed by atoms with Crippen LogP contribution in [0.4, 0.5) is 0 Å². The van der Waals surface area contributed by atoms with Crippen molar-refractivity contribution < 1.29 is 19.4 Å². The number of unbranched alkanes of at least 4 members (excludes halogenated alkanes) is 1. The molecule has 0 radical (unpaired) electrons. The number of carbonyl (C=O) groups is 2. The lowest BCUT2D eigenvalue weighted by Gasteiger charge is -2.26. The van der Waals surface area contributed by atoms with Crippen LogP contribution < -0.4 is 4.74 Å². The molecule has 1 N–H and O–H groups in total. The molecular weight excluding hydrogens is 416 g/mol. The number of aliphatic hydroxyl groups excluding tert-OH is 1. The van der Waals surface area contributed by atoms with Gasteiger partial charge in [-0.15, -0.1) is 0 Å². The third-order valence-electron chi connectivity index (χ3n) is 5.88. The Kier molecular flexibility index (Phi) is 8.28. The second kappa shape index (κ2) is 11.1. The molecule has 2 aromatic rings. The van der Waals surface area contributed by atoms with Gasteiger partial charge in [0.25, 0.3) is 11.7 Å². The molecule has 1 heterocycles. The molecule has 0 saturated carbocycles. The first-order valence-electron chi connectivity index (χ1n) is 11.6. The Hall–Kier alpha value is -3.12. The molecular formula is C27H34N2O4. The maximum Gasteiger partial charge on any atom is 0.295 e. The maximum absolute atomic E-state index is 13.1. The third-order valence-corrected chi connectivity index (χ3v) is 5.88. The summed E-state index contributed by atoms with van der Waals surface area (Å²) in [5, 5.41) is 11.3. The number of ketones is 1. The second-order valence-corrected chi connectivity index (χ2v) is 8.74. The Labute approximate surface area is 196 Å². The summed E-state index contributed by atoms with van der Waals surface area (Å²) in [5.74, 6) is -0.633. The van der Waals surface area contributed by atoms with Crippen molar-refractivity contribution >= 4 is 17.4 Å². The summed E-state index contributed by atoms with van der Waals surface area (Å²) in [4.78, 5) is 29.7. The van der Waals surface area contributed by atoms with E-state index in [1.54, 1.807) is 17.0 Å². The molecule has 0 bridgehead atoms. The van der Waals surface area contributed by atoms with E-state index in [1.807, 2.05) is 62.3 Å². The zero-order chi connectivity index (χ0) is 24.0. The molecule has 0 spiro atoms. The summed E-state index contributed by atoms with van der Waals surface area (Å²) in [7, 11) is 3.95. The fraction of sp³-hybridized carbons (Fsp3) is 0.407. The molecule has 1 aliphatic heterocycles. The maximum atomic E-state index is 13.1. The Balaban J connectivity index is 2.00. The number of hydrogen-bond donors (Lipinski definition) is 1. The third kappa shape index (κ3) is 5.63. The smallest absolute Gasteiger partial charge is 0.295 e. The van der Waals surface area contributed by atoms with Crippen LogP contribution in [0.2, 0.25) is 0 Å². The fourth-order valence-electron chi connectivity index (χ4n) is 4.12. The van der Waals surface area contributed by atoms with E-state index in [2.05, 4.69) is 6.92 Å². The standard InChI is InChI=1S/C27H34N2O4/c1-5-6-17-33-21-13-14-22(19(2)18-21)25(30)23-24(20-11-8-7-9-12-20)29(27(32)26(23)31)16-10-15-28(3)4/h7-9,11-14,18,24,30H,5-6,10,15-17H2,1-4H3. The summed E-state index contributed by atoms with van der Waals surface area (Å²) in [6, 6.07) is 14.2. The van der Waals surface area contributed by atoms with Crippen LogP contribution in [0.25, 0.3) is 5.76 Å². The van der Waals surface area contributed by atoms with E-state index in [4.69, 9.17) is 4.74 Å². The zero-order valence-corrected chi connectivity index (χ0v) is 20.0. The van der Waals surface area contributed by atoms with Crippen molar-refractivity contribution in [1.82, 2.24) is 9.80 Å². The summed E-state index contributed by atoms with van der Waals surface area (Å²) < 4.78 is 5.77. The van der Waals surface area contributed by atoms with Crippen LogP contribution in [-0.2, 0) is 9.59 Å². The topological polar surface area (TPSA) is 70.1 Å². The van der Waals surface area contributed by atoms with E-state index in [-0.39, 0.29) is 11.3 Å². The predicted molar refractivity (Wildman–Crippen MR) is 130 cm³/mol. The van der Waals surface area contributed by atoms with Crippen LogP contribution in [-0.4, -0.2) is 60.4 Å². The number of aryl methyl sites for hydroxylation is 1. The van der Waals surface area contributed by atoms with Gasteiger partial charge >= 0.3 is 0 Å². The number of likely N-dealkylation sites (tertiary alicyclic amines) is 1. The first-order valence-corrected chi connectivity index (χ1v) is 11.6. The van der Waals surface area contributed by atoms with Gasteiger partial charge in [-0.05, 0) is 69.7 Å². The summed E-state index contributed by atoms with van der Waals surface area (Å²) in [6.07, 6.45) is 2.74. The van der Waals surface area contributed by atoms with Crippen LogP contribution in [0.1, 0.15) is 48.9 Å². The molecule has 6 heteroatoms. The van der Waals surface area contributed by atoms with Gasteiger partial charge in [0, 0.05) is 12.1 Å². The lowest BCUT2D eigenvalue weighted by atomic mass is 9.94. The van der Waals surface area contributed by atoms with Gasteiger partial charge in [0.05, 0.1) is 18.2 Å². The van der Waals surface area contributed by atoms with Crippen molar-refractivity contribution in [2.24, 2.45) is 0 Å². The van der Waals surface area contributed by atoms with E-state index in [0.29, 0.717) is 18.7 Å². The Morgan fingerprint density at radius 3 is 2.45 bits per heavy atom. The highest BCUT2D eigenvalue weighted by molar-refractivity contribution is 6.46. The van der Waals surface area contributed by atoms with Gasteiger partial charge in [-0.1, -0.05) is 43.7 Å². The van der Waals surface area contributed by atoms with Gasteiger partial charge in [-0.25, -0.2) is 0 Å². The SMILES string of the molecule is CCCCOc1ccc(C(O)=C2C(=O)C(=O)N(CCCN(C)C)C2c2ccccc2)c(C)c1.